The van der Waals surface area contributed by atoms with E-state index < -0.39 is 0 Å². The first-order chi connectivity index (χ1) is 6.74. The Balaban J connectivity index is 3.07. The van der Waals surface area contributed by atoms with E-state index in [9.17, 15) is 5.11 Å². The fourth-order valence-electron chi connectivity index (χ4n) is 1.31. The Morgan fingerprint density at radius 3 is 2.64 bits per heavy atom. The zero-order chi connectivity index (χ0) is 10.6. The first kappa shape index (κ1) is 10.8. The minimum atomic E-state index is -0.301. The Kier molecular flexibility index (Phi) is 3.73. The van der Waals surface area contributed by atoms with Crippen LogP contribution < -0.4 is 10.5 Å². The van der Waals surface area contributed by atoms with Gasteiger partial charge in [0.1, 0.15) is 0 Å². The summed E-state index contributed by atoms with van der Waals surface area (Å²) in [6.45, 7) is 0.317. The smallest absolute Gasteiger partial charge is 0.163 e. The lowest BCUT2D eigenvalue weighted by Crippen LogP contribution is -2.14. The van der Waals surface area contributed by atoms with Crippen LogP contribution in [0.1, 0.15) is 11.7 Å². The van der Waals surface area contributed by atoms with Crippen molar-refractivity contribution in [2.45, 2.75) is 6.10 Å². The van der Waals surface area contributed by atoms with Crippen molar-refractivity contribution < 1.29 is 14.6 Å². The lowest BCUT2D eigenvalue weighted by molar-refractivity contribution is 0.108. The maximum absolute atomic E-state index is 9.76. The molecule has 4 nitrogen and oxygen atoms in total. The van der Waals surface area contributed by atoms with Gasteiger partial charge in [0.05, 0.1) is 13.2 Å². The first-order valence-corrected chi connectivity index (χ1v) is 4.33. The van der Waals surface area contributed by atoms with Gasteiger partial charge in [0.15, 0.2) is 11.5 Å². The van der Waals surface area contributed by atoms with Crippen molar-refractivity contribution in [3.63, 3.8) is 0 Å². The molecule has 0 radical (unpaired) electrons. The molecule has 0 spiro atoms. The lowest BCUT2D eigenvalue weighted by Gasteiger charge is -2.16. The number of phenolic OH excluding ortho intramolecular Hbond substituents is 1. The molecule has 1 aromatic carbocycles. The molecule has 0 aliphatic rings. The standard InChI is InChI=1S/C10H15NO3/c1-13-8-5-3-4-7(10(8)12)9(6-11)14-2/h3-5,9,12H,6,11H2,1-2H3. The van der Waals surface area contributed by atoms with Crippen molar-refractivity contribution in [2.24, 2.45) is 5.73 Å². The predicted molar refractivity (Wildman–Crippen MR) is 53.5 cm³/mol. The van der Waals surface area contributed by atoms with Gasteiger partial charge >= 0.3 is 0 Å². The summed E-state index contributed by atoms with van der Waals surface area (Å²) in [7, 11) is 3.06. The van der Waals surface area contributed by atoms with Gasteiger partial charge < -0.3 is 20.3 Å². The number of rotatable bonds is 4. The average Bonchev–Trinajstić information content (AvgIpc) is 2.22. The van der Waals surface area contributed by atoms with E-state index in [0.717, 1.165) is 0 Å². The summed E-state index contributed by atoms with van der Waals surface area (Å²) in [6, 6.07) is 5.23. The Labute approximate surface area is 83.3 Å². The average molecular weight is 197 g/mol. The summed E-state index contributed by atoms with van der Waals surface area (Å²) in [5.41, 5.74) is 6.15. The van der Waals surface area contributed by atoms with E-state index in [1.165, 1.54) is 7.11 Å². The van der Waals surface area contributed by atoms with E-state index in [0.29, 0.717) is 17.9 Å². The highest BCUT2D eigenvalue weighted by molar-refractivity contribution is 5.46. The number of methoxy groups -OCH3 is 2. The Hall–Kier alpha value is -1.26. The molecule has 0 aromatic heterocycles. The van der Waals surface area contributed by atoms with Crippen LogP contribution in [0.15, 0.2) is 18.2 Å². The third-order valence-corrected chi connectivity index (χ3v) is 2.10. The molecule has 0 saturated heterocycles. The monoisotopic (exact) mass is 197 g/mol. The van der Waals surface area contributed by atoms with Crippen molar-refractivity contribution in [3.05, 3.63) is 23.8 Å². The fraction of sp³-hybridized carbons (Fsp3) is 0.400. The van der Waals surface area contributed by atoms with Crippen LogP contribution in [0.2, 0.25) is 0 Å². The van der Waals surface area contributed by atoms with Gasteiger partial charge in [-0.1, -0.05) is 12.1 Å². The molecule has 0 bridgehead atoms. The SMILES string of the molecule is COc1cccc(C(CN)OC)c1O. The van der Waals surface area contributed by atoms with Crippen LogP contribution >= 0.6 is 0 Å². The molecule has 0 aliphatic carbocycles. The molecule has 1 rings (SSSR count). The highest BCUT2D eigenvalue weighted by atomic mass is 16.5. The maximum atomic E-state index is 9.76. The number of hydrogen-bond acceptors (Lipinski definition) is 4. The van der Waals surface area contributed by atoms with Crippen LogP contribution in [0.3, 0.4) is 0 Å². The van der Waals surface area contributed by atoms with Crippen molar-refractivity contribution in [3.8, 4) is 11.5 Å². The van der Waals surface area contributed by atoms with Gasteiger partial charge in [-0.15, -0.1) is 0 Å². The second-order valence-corrected chi connectivity index (χ2v) is 2.86. The van der Waals surface area contributed by atoms with Crippen molar-refractivity contribution >= 4 is 0 Å². The molecule has 4 heteroatoms. The van der Waals surface area contributed by atoms with Gasteiger partial charge in [0, 0.05) is 19.2 Å². The Morgan fingerprint density at radius 1 is 1.43 bits per heavy atom. The summed E-state index contributed by atoms with van der Waals surface area (Å²) in [6.07, 6.45) is -0.301. The third-order valence-electron chi connectivity index (χ3n) is 2.10. The summed E-state index contributed by atoms with van der Waals surface area (Å²) in [5, 5.41) is 9.76. The second-order valence-electron chi connectivity index (χ2n) is 2.86. The Bertz CT molecular complexity index is 297. The van der Waals surface area contributed by atoms with Crippen LogP contribution in [0.4, 0.5) is 0 Å². The topological polar surface area (TPSA) is 64.7 Å². The number of nitrogens with two attached hydrogens (primary N) is 1. The second kappa shape index (κ2) is 4.83. The highest BCUT2D eigenvalue weighted by Gasteiger charge is 2.15. The highest BCUT2D eigenvalue weighted by Crippen LogP contribution is 2.34. The zero-order valence-electron chi connectivity index (χ0n) is 8.36. The summed E-state index contributed by atoms with van der Waals surface area (Å²) >= 11 is 0. The van der Waals surface area contributed by atoms with E-state index in [1.807, 2.05) is 0 Å². The molecule has 0 heterocycles. The fourth-order valence-corrected chi connectivity index (χ4v) is 1.31. The summed E-state index contributed by atoms with van der Waals surface area (Å²) in [4.78, 5) is 0. The number of aromatic hydroxyl groups is 1. The van der Waals surface area contributed by atoms with Crippen LogP contribution in [-0.2, 0) is 4.74 Å². The normalized spacial score (nSPS) is 12.5. The van der Waals surface area contributed by atoms with E-state index in [1.54, 1.807) is 25.3 Å². The summed E-state index contributed by atoms with van der Waals surface area (Å²) in [5.74, 6) is 0.519. The molecular weight excluding hydrogens is 182 g/mol. The largest absolute Gasteiger partial charge is 0.504 e. The molecule has 1 aromatic rings. The molecule has 78 valence electrons. The molecule has 0 fully saturated rings. The number of phenols is 1. The van der Waals surface area contributed by atoms with E-state index in [2.05, 4.69) is 0 Å². The quantitative estimate of drug-likeness (QED) is 0.757. The van der Waals surface area contributed by atoms with Gasteiger partial charge in [-0.3, -0.25) is 0 Å². The van der Waals surface area contributed by atoms with Gasteiger partial charge in [0.25, 0.3) is 0 Å². The predicted octanol–water partition coefficient (Wildman–Crippen LogP) is 1.05. The van der Waals surface area contributed by atoms with Gasteiger partial charge in [-0.05, 0) is 6.07 Å². The van der Waals surface area contributed by atoms with E-state index in [4.69, 9.17) is 15.2 Å². The maximum Gasteiger partial charge on any atom is 0.163 e. The number of para-hydroxylation sites is 1. The van der Waals surface area contributed by atoms with Crippen LogP contribution in [0, 0.1) is 0 Å². The number of benzene rings is 1. The van der Waals surface area contributed by atoms with Crippen LogP contribution in [-0.4, -0.2) is 25.9 Å². The van der Waals surface area contributed by atoms with Crippen LogP contribution in [0.25, 0.3) is 0 Å². The summed E-state index contributed by atoms with van der Waals surface area (Å²) < 4.78 is 10.1. The molecule has 1 unspecified atom stereocenters. The van der Waals surface area contributed by atoms with Gasteiger partial charge in [-0.2, -0.15) is 0 Å². The van der Waals surface area contributed by atoms with Crippen molar-refractivity contribution in [2.75, 3.05) is 20.8 Å². The zero-order valence-corrected chi connectivity index (χ0v) is 8.36. The van der Waals surface area contributed by atoms with Gasteiger partial charge in [-0.25, -0.2) is 0 Å². The molecule has 14 heavy (non-hydrogen) atoms. The molecule has 1 atom stereocenters. The minimum Gasteiger partial charge on any atom is -0.504 e. The number of hydrogen-bond donors (Lipinski definition) is 2. The first-order valence-electron chi connectivity index (χ1n) is 4.33. The van der Waals surface area contributed by atoms with Crippen molar-refractivity contribution in [1.29, 1.82) is 0 Å². The lowest BCUT2D eigenvalue weighted by atomic mass is 10.1. The van der Waals surface area contributed by atoms with E-state index >= 15 is 0 Å². The van der Waals surface area contributed by atoms with Crippen LogP contribution in [0.5, 0.6) is 11.5 Å². The number of ether oxygens (including phenoxy) is 2. The van der Waals surface area contributed by atoms with E-state index in [-0.39, 0.29) is 11.9 Å². The Morgan fingerprint density at radius 2 is 2.14 bits per heavy atom. The minimum absolute atomic E-state index is 0.0901. The molecule has 3 N–H and O–H groups in total. The van der Waals surface area contributed by atoms with Crippen molar-refractivity contribution in [1.82, 2.24) is 0 Å². The third kappa shape index (κ3) is 1.97. The molecule has 0 amide bonds. The molecule has 0 saturated carbocycles. The van der Waals surface area contributed by atoms with Gasteiger partial charge in [0.2, 0.25) is 0 Å². The molecular formula is C10H15NO3. The molecule has 0 aliphatic heterocycles.